The second kappa shape index (κ2) is 7.37. The molecule has 1 amide bonds. The van der Waals surface area contributed by atoms with Crippen LogP contribution in [0, 0.1) is 21.8 Å². The maximum Gasteiger partial charge on any atom is 0.295 e. The van der Waals surface area contributed by atoms with Crippen molar-refractivity contribution in [2.75, 3.05) is 18.8 Å². The smallest absolute Gasteiger partial charge is 0.295 e. The summed E-state index contributed by atoms with van der Waals surface area (Å²) in [5, 5.41) is 16.8. The topological polar surface area (TPSA) is 110 Å². The number of carbonyl (C=O) groups is 1. The zero-order chi connectivity index (χ0) is 15.6. The zero-order valence-electron chi connectivity index (χ0n) is 12.0. The summed E-state index contributed by atoms with van der Waals surface area (Å²) in [6, 6.07) is 1.56. The number of carbonyl (C=O) groups excluding carboxylic acids is 1. The Morgan fingerprint density at radius 2 is 2.23 bits per heavy atom. The first-order valence-corrected chi connectivity index (χ1v) is 6.65. The minimum Gasteiger partial charge on any atom is -0.393 e. The summed E-state index contributed by atoms with van der Waals surface area (Å²) in [6.45, 7) is 3.52. The van der Waals surface area contributed by atoms with Crippen LogP contribution in [0.4, 0.5) is 15.8 Å². The third kappa shape index (κ3) is 3.83. The number of benzene rings is 1. The van der Waals surface area contributed by atoms with Crippen LogP contribution in [-0.2, 0) is 0 Å². The monoisotopic (exact) mass is 332 g/mol. The number of nitrogens with zero attached hydrogens (tertiary/aromatic N) is 1. The van der Waals surface area contributed by atoms with Crippen molar-refractivity contribution in [3.8, 4) is 0 Å². The van der Waals surface area contributed by atoms with E-state index in [4.69, 9.17) is 5.73 Å². The van der Waals surface area contributed by atoms with E-state index in [1.54, 1.807) is 0 Å². The number of halogens is 2. The van der Waals surface area contributed by atoms with Crippen molar-refractivity contribution in [3.05, 3.63) is 33.6 Å². The molecule has 1 heterocycles. The molecule has 2 atom stereocenters. The Morgan fingerprint density at radius 3 is 2.82 bits per heavy atom. The van der Waals surface area contributed by atoms with Gasteiger partial charge in [-0.1, -0.05) is 6.92 Å². The first-order chi connectivity index (χ1) is 9.90. The Bertz CT molecular complexity index is 585. The van der Waals surface area contributed by atoms with Crippen LogP contribution < -0.4 is 16.4 Å². The van der Waals surface area contributed by atoms with E-state index in [0.29, 0.717) is 6.07 Å². The van der Waals surface area contributed by atoms with Gasteiger partial charge in [0.1, 0.15) is 11.5 Å². The number of nitro groups is 1. The van der Waals surface area contributed by atoms with Gasteiger partial charge in [0, 0.05) is 6.04 Å². The predicted molar refractivity (Wildman–Crippen MR) is 82.6 cm³/mol. The van der Waals surface area contributed by atoms with Gasteiger partial charge in [-0.15, -0.1) is 12.4 Å². The molecular weight excluding hydrogens is 315 g/mol. The molecule has 22 heavy (non-hydrogen) atoms. The summed E-state index contributed by atoms with van der Waals surface area (Å²) in [5.41, 5.74) is 4.49. The fourth-order valence-electron chi connectivity index (χ4n) is 2.42. The van der Waals surface area contributed by atoms with E-state index >= 15 is 0 Å². The quantitative estimate of drug-likeness (QED) is 0.441. The third-order valence-electron chi connectivity index (χ3n) is 3.67. The predicted octanol–water partition coefficient (Wildman–Crippen LogP) is 1.47. The molecule has 1 aromatic rings. The first-order valence-electron chi connectivity index (χ1n) is 6.65. The number of rotatable bonds is 3. The van der Waals surface area contributed by atoms with Crippen LogP contribution in [0.2, 0.25) is 0 Å². The van der Waals surface area contributed by atoms with Crippen molar-refractivity contribution in [3.63, 3.8) is 0 Å². The fourth-order valence-corrected chi connectivity index (χ4v) is 2.42. The van der Waals surface area contributed by atoms with E-state index in [9.17, 15) is 19.3 Å². The molecule has 0 aliphatic carbocycles. The molecule has 1 aliphatic heterocycles. The minimum absolute atomic E-state index is 0. The van der Waals surface area contributed by atoms with Crippen LogP contribution in [0.5, 0.6) is 0 Å². The average Bonchev–Trinajstić information content (AvgIpc) is 2.43. The van der Waals surface area contributed by atoms with Crippen LogP contribution in [0.1, 0.15) is 23.7 Å². The normalized spacial score (nSPS) is 20.8. The van der Waals surface area contributed by atoms with Crippen LogP contribution in [0.15, 0.2) is 12.1 Å². The van der Waals surface area contributed by atoms with Crippen molar-refractivity contribution in [1.82, 2.24) is 10.6 Å². The maximum absolute atomic E-state index is 13.4. The summed E-state index contributed by atoms with van der Waals surface area (Å²) in [6.07, 6.45) is 0.740. The van der Waals surface area contributed by atoms with Crippen molar-refractivity contribution < 1.29 is 14.1 Å². The molecule has 1 fully saturated rings. The molecule has 7 nitrogen and oxygen atoms in total. The molecule has 0 aromatic heterocycles. The summed E-state index contributed by atoms with van der Waals surface area (Å²) >= 11 is 0. The third-order valence-corrected chi connectivity index (χ3v) is 3.67. The Labute approximate surface area is 133 Å². The molecule has 122 valence electrons. The molecule has 2 rings (SSSR count). The van der Waals surface area contributed by atoms with Gasteiger partial charge in [-0.25, -0.2) is 4.39 Å². The molecule has 1 aromatic carbocycles. The van der Waals surface area contributed by atoms with Crippen LogP contribution in [0.3, 0.4) is 0 Å². The van der Waals surface area contributed by atoms with Crippen LogP contribution >= 0.6 is 12.4 Å². The highest BCUT2D eigenvalue weighted by molar-refractivity contribution is 6.01. The van der Waals surface area contributed by atoms with Gasteiger partial charge in [0.15, 0.2) is 0 Å². The van der Waals surface area contributed by atoms with E-state index in [1.807, 2.05) is 6.92 Å². The van der Waals surface area contributed by atoms with Crippen molar-refractivity contribution in [2.24, 2.45) is 5.92 Å². The SMILES string of the molecule is CC1CNCCC1NC(=O)c1cc(F)cc([N+](=O)[O-])c1N.Cl. The number of amides is 1. The zero-order valence-corrected chi connectivity index (χ0v) is 12.8. The second-order valence-corrected chi connectivity index (χ2v) is 5.19. The Kier molecular flexibility index (Phi) is 6.07. The first kappa shape index (κ1) is 18.1. The van der Waals surface area contributed by atoms with E-state index in [-0.39, 0.29) is 35.6 Å². The molecule has 9 heteroatoms. The molecule has 0 saturated carbocycles. The molecule has 0 bridgehead atoms. The molecular formula is C13H18ClFN4O3. The summed E-state index contributed by atoms with van der Waals surface area (Å²) in [5.74, 6) is -1.24. The number of nitrogen functional groups attached to an aromatic ring is 1. The fraction of sp³-hybridized carbons (Fsp3) is 0.462. The highest BCUT2D eigenvalue weighted by Gasteiger charge is 2.26. The second-order valence-electron chi connectivity index (χ2n) is 5.19. The number of piperidine rings is 1. The van der Waals surface area contributed by atoms with Crippen molar-refractivity contribution in [2.45, 2.75) is 19.4 Å². The number of hydrogen-bond donors (Lipinski definition) is 3. The van der Waals surface area contributed by atoms with E-state index in [0.717, 1.165) is 25.6 Å². The van der Waals surface area contributed by atoms with Gasteiger partial charge >= 0.3 is 0 Å². The van der Waals surface area contributed by atoms with Gasteiger partial charge < -0.3 is 16.4 Å². The van der Waals surface area contributed by atoms with Gasteiger partial charge in [0.25, 0.3) is 11.6 Å². The molecule has 2 unspecified atom stereocenters. The average molecular weight is 333 g/mol. The maximum atomic E-state index is 13.4. The molecule has 0 spiro atoms. The standard InChI is InChI=1S/C13H17FN4O3.ClH/c1-7-6-16-3-2-10(7)17-13(19)9-4-8(14)5-11(12(9)15)18(20)21;/h4-5,7,10,16H,2-3,6,15H2,1H3,(H,17,19);1H. The number of nitrogens with one attached hydrogen (secondary N) is 2. The van der Waals surface area contributed by atoms with Gasteiger partial charge in [0.05, 0.1) is 16.6 Å². The molecule has 4 N–H and O–H groups in total. The highest BCUT2D eigenvalue weighted by Crippen LogP contribution is 2.27. The van der Waals surface area contributed by atoms with Gasteiger partial charge in [0.2, 0.25) is 0 Å². The van der Waals surface area contributed by atoms with Gasteiger partial charge in [-0.3, -0.25) is 14.9 Å². The van der Waals surface area contributed by atoms with Gasteiger partial charge in [-0.05, 0) is 31.5 Å². The van der Waals surface area contributed by atoms with Gasteiger partial charge in [-0.2, -0.15) is 0 Å². The lowest BCUT2D eigenvalue weighted by Crippen LogP contribution is -2.48. The molecule has 1 saturated heterocycles. The van der Waals surface area contributed by atoms with E-state index in [1.165, 1.54) is 0 Å². The van der Waals surface area contributed by atoms with Crippen molar-refractivity contribution >= 4 is 29.7 Å². The number of nitrogens with two attached hydrogens (primary N) is 1. The van der Waals surface area contributed by atoms with Crippen LogP contribution in [-0.4, -0.2) is 30.0 Å². The largest absolute Gasteiger partial charge is 0.393 e. The lowest BCUT2D eigenvalue weighted by Gasteiger charge is -2.30. The number of anilines is 1. The lowest BCUT2D eigenvalue weighted by molar-refractivity contribution is -0.384. The minimum atomic E-state index is -0.862. The number of hydrogen-bond acceptors (Lipinski definition) is 5. The Morgan fingerprint density at radius 1 is 1.55 bits per heavy atom. The number of nitro benzene ring substituents is 1. The molecule has 1 aliphatic rings. The van der Waals surface area contributed by atoms with E-state index < -0.39 is 22.3 Å². The summed E-state index contributed by atoms with van der Waals surface area (Å²) in [7, 11) is 0. The summed E-state index contributed by atoms with van der Waals surface area (Å²) in [4.78, 5) is 22.2. The van der Waals surface area contributed by atoms with Crippen molar-refractivity contribution in [1.29, 1.82) is 0 Å². The summed E-state index contributed by atoms with van der Waals surface area (Å²) < 4.78 is 13.4. The van der Waals surface area contributed by atoms with E-state index in [2.05, 4.69) is 10.6 Å². The molecule has 0 radical (unpaired) electrons. The Balaban J connectivity index is 0.00000242. The lowest BCUT2D eigenvalue weighted by atomic mass is 9.95. The Hall–Kier alpha value is -1.93. The highest BCUT2D eigenvalue weighted by atomic mass is 35.5. The van der Waals surface area contributed by atoms with Crippen LogP contribution in [0.25, 0.3) is 0 Å².